The van der Waals surface area contributed by atoms with Gasteiger partial charge in [0, 0.05) is 18.2 Å². The van der Waals surface area contributed by atoms with Gasteiger partial charge in [0.2, 0.25) is 0 Å². The Hall–Kier alpha value is -1.61. The number of thioether (sulfide) groups is 1. The lowest BCUT2D eigenvalue weighted by Gasteiger charge is -2.20. The predicted molar refractivity (Wildman–Crippen MR) is 78.4 cm³/mol. The minimum Gasteiger partial charge on any atom is -0.483 e. The summed E-state index contributed by atoms with van der Waals surface area (Å²) in [5.74, 6) is 4.75. The van der Waals surface area contributed by atoms with Gasteiger partial charge in [0.15, 0.2) is 11.7 Å². The summed E-state index contributed by atoms with van der Waals surface area (Å²) in [4.78, 5) is 21.9. The molecule has 2 unspecified atom stereocenters. The van der Waals surface area contributed by atoms with E-state index in [1.54, 1.807) is 24.3 Å². The van der Waals surface area contributed by atoms with Gasteiger partial charge in [-0.1, -0.05) is 30.0 Å². The number of nitrogens with one attached hydrogen (secondary N) is 1. The highest BCUT2D eigenvalue weighted by Crippen LogP contribution is 2.28. The topological polar surface area (TPSA) is 122 Å². The van der Waals surface area contributed by atoms with Crippen LogP contribution in [-0.2, 0) is 9.59 Å². The molecule has 0 heterocycles. The molecule has 0 saturated heterocycles. The maximum absolute atomic E-state index is 11.1. The Bertz CT molecular complexity index is 497. The van der Waals surface area contributed by atoms with Crippen molar-refractivity contribution in [3.63, 3.8) is 0 Å². The largest absolute Gasteiger partial charge is 0.483 e. The summed E-state index contributed by atoms with van der Waals surface area (Å²) in [5, 5.41) is 19.9. The third kappa shape index (κ3) is 5.72. The van der Waals surface area contributed by atoms with Crippen molar-refractivity contribution >= 4 is 22.8 Å². The summed E-state index contributed by atoms with van der Waals surface area (Å²) in [7, 11) is 0. The summed E-state index contributed by atoms with van der Waals surface area (Å²) in [6.07, 6.45) is -2.36. The third-order valence-electron chi connectivity index (χ3n) is 2.58. The summed E-state index contributed by atoms with van der Waals surface area (Å²) in [6.45, 7) is 1.07. The van der Waals surface area contributed by atoms with Crippen molar-refractivity contribution in [1.29, 1.82) is 0 Å². The molecule has 1 aromatic carbocycles. The monoisotopic (exact) mass is 314 g/mol. The van der Waals surface area contributed by atoms with Crippen molar-refractivity contribution in [2.24, 2.45) is 5.84 Å². The predicted octanol–water partition coefficient (Wildman–Crippen LogP) is -0.271. The number of rotatable bonds is 7. The Morgan fingerprint density at radius 1 is 1.38 bits per heavy atom. The van der Waals surface area contributed by atoms with Crippen LogP contribution in [0.15, 0.2) is 24.3 Å². The van der Waals surface area contributed by atoms with Crippen molar-refractivity contribution in [1.82, 2.24) is 5.43 Å². The van der Waals surface area contributed by atoms with Crippen LogP contribution in [0.25, 0.3) is 0 Å². The molecule has 0 bridgehead atoms. The average Bonchev–Trinajstić information content (AvgIpc) is 2.49. The Labute approximate surface area is 126 Å². The lowest BCUT2D eigenvalue weighted by Crippen LogP contribution is -2.34. The van der Waals surface area contributed by atoms with Crippen LogP contribution < -0.4 is 16.0 Å². The van der Waals surface area contributed by atoms with Gasteiger partial charge in [-0.05, 0) is 6.07 Å². The summed E-state index contributed by atoms with van der Waals surface area (Å²) >= 11 is 0.920. The molecule has 0 fully saturated rings. The van der Waals surface area contributed by atoms with Crippen LogP contribution in [0.1, 0.15) is 18.6 Å². The Balaban J connectivity index is 2.76. The highest BCUT2D eigenvalue weighted by Gasteiger charge is 2.22. The molecule has 0 aliphatic carbocycles. The summed E-state index contributed by atoms with van der Waals surface area (Å²) < 4.78 is 5.25. The molecule has 2 atom stereocenters. The SMILES string of the molecule is CC(=O)SCC(O)C(O)c1ccccc1OCC(=O)NN. The van der Waals surface area contributed by atoms with E-state index in [9.17, 15) is 19.8 Å². The molecule has 21 heavy (non-hydrogen) atoms. The fourth-order valence-corrected chi connectivity index (χ4v) is 2.13. The lowest BCUT2D eigenvalue weighted by atomic mass is 10.0. The summed E-state index contributed by atoms with van der Waals surface area (Å²) in [5.41, 5.74) is 2.26. The molecule has 0 radical (unpaired) electrons. The zero-order valence-corrected chi connectivity index (χ0v) is 12.3. The van der Waals surface area contributed by atoms with E-state index in [2.05, 4.69) is 0 Å². The molecule has 1 rings (SSSR count). The minimum absolute atomic E-state index is 0.0636. The van der Waals surface area contributed by atoms with Crippen LogP contribution >= 0.6 is 11.8 Å². The van der Waals surface area contributed by atoms with E-state index in [-0.39, 0.29) is 23.2 Å². The number of nitrogens with two attached hydrogens (primary N) is 1. The van der Waals surface area contributed by atoms with Gasteiger partial charge in [-0.2, -0.15) is 0 Å². The van der Waals surface area contributed by atoms with Crippen LogP contribution in [0.2, 0.25) is 0 Å². The Morgan fingerprint density at radius 2 is 2.05 bits per heavy atom. The quantitative estimate of drug-likeness (QED) is 0.310. The van der Waals surface area contributed by atoms with Gasteiger partial charge in [0.1, 0.15) is 11.9 Å². The summed E-state index contributed by atoms with van der Waals surface area (Å²) in [6, 6.07) is 6.47. The molecule has 0 aromatic heterocycles. The van der Waals surface area contributed by atoms with Gasteiger partial charge in [0.25, 0.3) is 5.91 Å². The molecule has 1 amide bonds. The number of benzene rings is 1. The van der Waals surface area contributed by atoms with Gasteiger partial charge in [-0.15, -0.1) is 0 Å². The van der Waals surface area contributed by atoms with Gasteiger partial charge in [-0.3, -0.25) is 15.0 Å². The van der Waals surface area contributed by atoms with E-state index in [1.807, 2.05) is 5.43 Å². The number of aliphatic hydroxyl groups is 2. The fourth-order valence-electron chi connectivity index (χ4n) is 1.54. The Kier molecular flexibility index (Phi) is 7.17. The van der Waals surface area contributed by atoms with Crippen molar-refractivity contribution in [3.8, 4) is 5.75 Å². The van der Waals surface area contributed by atoms with Crippen LogP contribution in [0.3, 0.4) is 0 Å². The van der Waals surface area contributed by atoms with Crippen molar-refractivity contribution in [2.75, 3.05) is 12.4 Å². The van der Waals surface area contributed by atoms with Gasteiger partial charge in [0.05, 0.1) is 6.10 Å². The first-order valence-corrected chi connectivity index (χ1v) is 7.15. The highest BCUT2D eigenvalue weighted by atomic mass is 32.2. The molecule has 0 aliphatic rings. The number of carbonyl (C=O) groups is 2. The smallest absolute Gasteiger partial charge is 0.271 e. The molecule has 0 spiro atoms. The van der Waals surface area contributed by atoms with Crippen molar-refractivity contribution < 1.29 is 24.5 Å². The zero-order valence-electron chi connectivity index (χ0n) is 11.5. The molecular weight excluding hydrogens is 296 g/mol. The van der Waals surface area contributed by atoms with E-state index >= 15 is 0 Å². The average molecular weight is 314 g/mol. The van der Waals surface area contributed by atoms with Gasteiger partial charge >= 0.3 is 0 Å². The lowest BCUT2D eigenvalue weighted by molar-refractivity contribution is -0.123. The number of para-hydroxylation sites is 1. The fraction of sp³-hybridized carbons (Fsp3) is 0.385. The van der Waals surface area contributed by atoms with Crippen LogP contribution in [0, 0.1) is 0 Å². The maximum Gasteiger partial charge on any atom is 0.271 e. The second kappa shape index (κ2) is 8.63. The highest BCUT2D eigenvalue weighted by molar-refractivity contribution is 8.13. The molecule has 116 valence electrons. The molecule has 8 heteroatoms. The number of hydrogen-bond donors (Lipinski definition) is 4. The number of hydrogen-bond acceptors (Lipinski definition) is 7. The third-order valence-corrected chi connectivity index (χ3v) is 3.49. The number of hydrazine groups is 1. The maximum atomic E-state index is 11.1. The van der Waals surface area contributed by atoms with Crippen LogP contribution in [-0.4, -0.2) is 39.7 Å². The number of aliphatic hydroxyl groups excluding tert-OH is 2. The van der Waals surface area contributed by atoms with Gasteiger partial charge in [-0.25, -0.2) is 5.84 Å². The number of carbonyl (C=O) groups excluding carboxylic acids is 2. The van der Waals surface area contributed by atoms with E-state index in [0.717, 1.165) is 11.8 Å². The number of amides is 1. The first-order chi connectivity index (χ1) is 9.95. The van der Waals surface area contributed by atoms with Crippen LogP contribution in [0.4, 0.5) is 0 Å². The van der Waals surface area contributed by atoms with Crippen molar-refractivity contribution in [3.05, 3.63) is 29.8 Å². The number of ether oxygens (including phenoxy) is 1. The zero-order chi connectivity index (χ0) is 15.8. The first kappa shape index (κ1) is 17.4. The van der Waals surface area contributed by atoms with E-state index in [1.165, 1.54) is 6.92 Å². The van der Waals surface area contributed by atoms with Gasteiger partial charge < -0.3 is 14.9 Å². The Morgan fingerprint density at radius 3 is 2.67 bits per heavy atom. The minimum atomic E-state index is -1.23. The van der Waals surface area contributed by atoms with Crippen LogP contribution in [0.5, 0.6) is 5.75 Å². The second-order valence-corrected chi connectivity index (χ2v) is 5.41. The van der Waals surface area contributed by atoms with Crippen molar-refractivity contribution in [2.45, 2.75) is 19.1 Å². The molecule has 0 aliphatic heterocycles. The first-order valence-electron chi connectivity index (χ1n) is 6.16. The molecule has 1 aromatic rings. The van der Waals surface area contributed by atoms with E-state index in [4.69, 9.17) is 10.6 Å². The normalized spacial score (nSPS) is 13.3. The molecule has 0 saturated carbocycles. The second-order valence-electron chi connectivity index (χ2n) is 4.21. The van der Waals surface area contributed by atoms with E-state index in [0.29, 0.717) is 5.56 Å². The molecule has 5 N–H and O–H groups in total. The van der Waals surface area contributed by atoms with E-state index < -0.39 is 18.1 Å². The standard InChI is InChI=1S/C13H18N2O5S/c1-8(16)21-7-10(17)13(19)9-4-2-3-5-11(9)20-6-12(18)15-14/h2-5,10,13,17,19H,6-7,14H2,1H3,(H,15,18). The molecule has 7 nitrogen and oxygen atoms in total. The molecular formula is C13H18N2O5S.